The lowest BCUT2D eigenvalue weighted by Crippen LogP contribution is -2.27. The van der Waals surface area contributed by atoms with Gasteiger partial charge in [-0.2, -0.15) is 0 Å². The maximum Gasteiger partial charge on any atom is 0.253 e. The zero-order valence-electron chi connectivity index (χ0n) is 11.9. The van der Waals surface area contributed by atoms with Crippen LogP contribution in [-0.4, -0.2) is 31.2 Å². The van der Waals surface area contributed by atoms with Gasteiger partial charge in [0.1, 0.15) is 0 Å². The molecule has 22 heavy (non-hydrogen) atoms. The second kappa shape index (κ2) is 7.98. The Hall–Kier alpha value is -1.82. The van der Waals surface area contributed by atoms with E-state index in [1.165, 1.54) is 6.20 Å². The summed E-state index contributed by atoms with van der Waals surface area (Å²) in [6.07, 6.45) is 3.09. The van der Waals surface area contributed by atoms with Crippen LogP contribution in [-0.2, 0) is 4.74 Å². The van der Waals surface area contributed by atoms with Gasteiger partial charge in [-0.05, 0) is 18.2 Å². The zero-order valence-corrected chi connectivity index (χ0v) is 13.4. The van der Waals surface area contributed by atoms with Crippen LogP contribution in [0.5, 0.6) is 0 Å². The summed E-state index contributed by atoms with van der Waals surface area (Å²) in [5, 5.41) is 6.69. The maximum absolute atomic E-state index is 12.0. The highest BCUT2D eigenvalue weighted by atomic mass is 35.5. The number of carbonyl (C=O) groups excluding carboxylic acids is 1. The van der Waals surface area contributed by atoms with Gasteiger partial charge in [0.15, 0.2) is 0 Å². The van der Waals surface area contributed by atoms with Crippen molar-refractivity contribution in [2.75, 3.05) is 25.6 Å². The van der Waals surface area contributed by atoms with Gasteiger partial charge in [-0.3, -0.25) is 9.78 Å². The predicted octanol–water partition coefficient (Wildman–Crippen LogP) is 3.51. The van der Waals surface area contributed by atoms with Gasteiger partial charge in [0.2, 0.25) is 0 Å². The van der Waals surface area contributed by atoms with Crippen LogP contribution in [0.1, 0.15) is 10.4 Å². The van der Waals surface area contributed by atoms with Gasteiger partial charge < -0.3 is 15.4 Å². The first kappa shape index (κ1) is 16.5. The first-order valence-electron chi connectivity index (χ1n) is 6.55. The molecule has 0 aliphatic rings. The number of nitrogens with zero attached hydrogens (tertiary/aromatic N) is 1. The maximum atomic E-state index is 12.0. The first-order chi connectivity index (χ1) is 10.6. The molecule has 1 heterocycles. The molecule has 0 aliphatic heterocycles. The fourth-order valence-corrected chi connectivity index (χ4v) is 2.10. The Bertz CT molecular complexity index is 665. The molecule has 0 spiro atoms. The Labute approximate surface area is 138 Å². The highest BCUT2D eigenvalue weighted by molar-refractivity contribution is 6.43. The number of benzene rings is 1. The van der Waals surface area contributed by atoms with Crippen LogP contribution in [0.25, 0.3) is 0 Å². The van der Waals surface area contributed by atoms with E-state index < -0.39 is 0 Å². The van der Waals surface area contributed by atoms with Crippen molar-refractivity contribution in [2.24, 2.45) is 0 Å². The molecule has 1 aromatic carbocycles. The summed E-state index contributed by atoms with van der Waals surface area (Å²) in [7, 11) is 1.58. The van der Waals surface area contributed by atoms with E-state index in [4.69, 9.17) is 27.9 Å². The van der Waals surface area contributed by atoms with Crippen LogP contribution < -0.4 is 10.6 Å². The van der Waals surface area contributed by atoms with Crippen molar-refractivity contribution in [3.8, 4) is 0 Å². The Kier molecular flexibility index (Phi) is 6.00. The number of carbonyl (C=O) groups is 1. The molecule has 2 N–H and O–H groups in total. The van der Waals surface area contributed by atoms with Crippen LogP contribution >= 0.6 is 23.2 Å². The quantitative estimate of drug-likeness (QED) is 0.790. The third-order valence-corrected chi connectivity index (χ3v) is 3.64. The van der Waals surface area contributed by atoms with Gasteiger partial charge >= 0.3 is 0 Å². The smallest absolute Gasteiger partial charge is 0.253 e. The van der Waals surface area contributed by atoms with E-state index in [0.717, 1.165) is 0 Å². The minimum Gasteiger partial charge on any atom is -0.383 e. The average Bonchev–Trinajstić information content (AvgIpc) is 2.52. The Morgan fingerprint density at radius 2 is 2.14 bits per heavy atom. The van der Waals surface area contributed by atoms with Gasteiger partial charge in [-0.25, -0.2) is 0 Å². The van der Waals surface area contributed by atoms with Crippen molar-refractivity contribution in [3.05, 3.63) is 52.3 Å². The van der Waals surface area contributed by atoms with Crippen molar-refractivity contribution in [3.63, 3.8) is 0 Å². The van der Waals surface area contributed by atoms with Crippen LogP contribution in [0.4, 0.5) is 11.4 Å². The third kappa shape index (κ3) is 4.34. The fraction of sp³-hybridized carbons (Fsp3) is 0.200. The van der Waals surface area contributed by atoms with Crippen molar-refractivity contribution in [1.29, 1.82) is 0 Å². The first-order valence-corrected chi connectivity index (χ1v) is 7.30. The second-order valence-corrected chi connectivity index (χ2v) is 5.22. The van der Waals surface area contributed by atoms with E-state index in [9.17, 15) is 4.79 Å². The SMILES string of the molecule is COCCNC(=O)c1cncc(Nc2cccc(Cl)c2Cl)c1. The molecule has 0 fully saturated rings. The number of ether oxygens (including phenoxy) is 1. The predicted molar refractivity (Wildman–Crippen MR) is 88.2 cm³/mol. The molecule has 0 saturated heterocycles. The average molecular weight is 340 g/mol. The number of aromatic nitrogens is 1. The molecule has 1 amide bonds. The summed E-state index contributed by atoms with van der Waals surface area (Å²) < 4.78 is 4.89. The molecule has 0 aliphatic carbocycles. The standard InChI is InChI=1S/C15H15Cl2N3O2/c1-22-6-5-19-15(21)10-7-11(9-18-8-10)20-13-4-2-3-12(16)14(13)17/h2-4,7-9,20H,5-6H2,1H3,(H,19,21). The Morgan fingerprint density at radius 3 is 2.91 bits per heavy atom. The van der Waals surface area contributed by atoms with Gasteiger partial charge in [0.25, 0.3) is 5.91 Å². The lowest BCUT2D eigenvalue weighted by molar-refractivity contribution is 0.0937. The summed E-state index contributed by atoms with van der Waals surface area (Å²) in [4.78, 5) is 16.0. The highest BCUT2D eigenvalue weighted by Crippen LogP contribution is 2.31. The number of halogens is 2. The highest BCUT2D eigenvalue weighted by Gasteiger charge is 2.08. The molecule has 5 nitrogen and oxygen atoms in total. The molecule has 7 heteroatoms. The fourth-order valence-electron chi connectivity index (χ4n) is 1.76. The van der Waals surface area contributed by atoms with E-state index in [-0.39, 0.29) is 5.91 Å². The number of hydrogen-bond acceptors (Lipinski definition) is 4. The third-order valence-electron chi connectivity index (χ3n) is 2.82. The molecule has 1 aromatic heterocycles. The number of methoxy groups -OCH3 is 1. The summed E-state index contributed by atoms with van der Waals surface area (Å²) in [6.45, 7) is 0.891. The van der Waals surface area contributed by atoms with Gasteiger partial charge in [-0.15, -0.1) is 0 Å². The van der Waals surface area contributed by atoms with E-state index in [1.54, 1.807) is 37.6 Å². The number of hydrogen-bond donors (Lipinski definition) is 2. The number of rotatable bonds is 6. The molecule has 2 rings (SSSR count). The molecule has 0 radical (unpaired) electrons. The van der Waals surface area contributed by atoms with Crippen LogP contribution in [0.3, 0.4) is 0 Å². The van der Waals surface area contributed by atoms with Gasteiger partial charge in [-0.1, -0.05) is 29.3 Å². The molecule has 2 aromatic rings. The zero-order chi connectivity index (χ0) is 15.9. The molecular weight excluding hydrogens is 325 g/mol. The van der Waals surface area contributed by atoms with Crippen molar-refractivity contribution >= 4 is 40.5 Å². The van der Waals surface area contributed by atoms with Crippen LogP contribution in [0.2, 0.25) is 10.0 Å². The molecule has 0 saturated carbocycles. The molecule has 116 valence electrons. The molecular formula is C15H15Cl2N3O2. The van der Waals surface area contributed by atoms with Gasteiger partial charge in [0, 0.05) is 19.9 Å². The van der Waals surface area contributed by atoms with Crippen molar-refractivity contribution in [1.82, 2.24) is 10.3 Å². The Morgan fingerprint density at radius 1 is 1.32 bits per heavy atom. The molecule has 0 atom stereocenters. The second-order valence-electron chi connectivity index (χ2n) is 4.44. The minimum atomic E-state index is -0.217. The lowest BCUT2D eigenvalue weighted by Gasteiger charge is -2.10. The molecule has 0 bridgehead atoms. The summed E-state index contributed by atoms with van der Waals surface area (Å²) in [6, 6.07) is 6.96. The number of anilines is 2. The molecule has 0 unspecified atom stereocenters. The minimum absolute atomic E-state index is 0.217. The van der Waals surface area contributed by atoms with Crippen molar-refractivity contribution in [2.45, 2.75) is 0 Å². The van der Waals surface area contributed by atoms with Crippen molar-refractivity contribution < 1.29 is 9.53 Å². The summed E-state index contributed by atoms with van der Waals surface area (Å²) in [5.74, 6) is -0.217. The number of pyridine rings is 1. The number of amides is 1. The summed E-state index contributed by atoms with van der Waals surface area (Å²) in [5.41, 5.74) is 1.73. The van der Waals surface area contributed by atoms with E-state index in [1.807, 2.05) is 0 Å². The van der Waals surface area contributed by atoms with Crippen LogP contribution in [0.15, 0.2) is 36.7 Å². The topological polar surface area (TPSA) is 63.2 Å². The van der Waals surface area contributed by atoms with Crippen LogP contribution in [0, 0.1) is 0 Å². The normalized spacial score (nSPS) is 10.3. The summed E-state index contributed by atoms with van der Waals surface area (Å²) >= 11 is 12.1. The van der Waals surface area contributed by atoms with E-state index in [2.05, 4.69) is 15.6 Å². The van der Waals surface area contributed by atoms with E-state index in [0.29, 0.717) is 40.1 Å². The largest absolute Gasteiger partial charge is 0.383 e. The monoisotopic (exact) mass is 339 g/mol. The lowest BCUT2D eigenvalue weighted by atomic mass is 10.2. The van der Waals surface area contributed by atoms with Gasteiger partial charge in [0.05, 0.1) is 39.8 Å². The Balaban J connectivity index is 2.11. The van der Waals surface area contributed by atoms with E-state index >= 15 is 0 Å². The number of nitrogens with one attached hydrogen (secondary N) is 2.